The molecular formula is C6H12N2. The van der Waals surface area contributed by atoms with Gasteiger partial charge in [0.15, 0.2) is 0 Å². The molecule has 0 rings (SSSR count). The number of azo groups is 1. The second-order valence-corrected chi connectivity index (χ2v) is 1.42. The van der Waals surface area contributed by atoms with Gasteiger partial charge in [-0.1, -0.05) is 12.2 Å². The molecule has 46 valence electrons. The highest BCUT2D eigenvalue weighted by molar-refractivity contribution is 4.76. The maximum atomic E-state index is 3.78. The molecule has 0 aliphatic rings. The Bertz CT molecular complexity index is 72.5. The van der Waals surface area contributed by atoms with Gasteiger partial charge in [-0.05, 0) is 13.3 Å². The summed E-state index contributed by atoms with van der Waals surface area (Å²) in [7, 11) is 1.69. The molecule has 0 aromatic carbocycles. The van der Waals surface area contributed by atoms with Gasteiger partial charge in [0.1, 0.15) is 0 Å². The zero-order valence-electron chi connectivity index (χ0n) is 5.46. The number of allylic oxidation sites excluding steroid dienone is 1. The Kier molecular flexibility index (Phi) is 5.82. The largest absolute Gasteiger partial charge is 0.198 e. The third-order valence-electron chi connectivity index (χ3n) is 0.773. The Hall–Kier alpha value is -0.660. The molecule has 0 amide bonds. The predicted molar refractivity (Wildman–Crippen MR) is 35.1 cm³/mol. The highest BCUT2D eigenvalue weighted by Gasteiger charge is 1.72. The van der Waals surface area contributed by atoms with Crippen LogP contribution in [0.3, 0.4) is 0 Å². The maximum Gasteiger partial charge on any atom is 0.0633 e. The smallest absolute Gasteiger partial charge is 0.0633 e. The maximum absolute atomic E-state index is 3.78. The summed E-state index contributed by atoms with van der Waals surface area (Å²) in [4.78, 5) is 0. The van der Waals surface area contributed by atoms with Gasteiger partial charge in [-0.25, -0.2) is 0 Å². The minimum absolute atomic E-state index is 0.820. The lowest BCUT2D eigenvalue weighted by Crippen LogP contribution is -1.71. The van der Waals surface area contributed by atoms with E-state index >= 15 is 0 Å². The average Bonchev–Trinajstić information content (AvgIpc) is 1.81. The standard InChI is InChI=1S/C6H12N2/c1-3-4-5-6-8-7-2/h3-4H,5-6H2,1-2H3/b4-3-,8-7?. The second kappa shape index (κ2) is 6.34. The molecule has 0 N–H and O–H groups in total. The number of rotatable bonds is 3. The van der Waals surface area contributed by atoms with Crippen molar-refractivity contribution in [3.05, 3.63) is 12.2 Å². The fourth-order valence-electron chi connectivity index (χ4n) is 0.399. The molecule has 2 heteroatoms. The van der Waals surface area contributed by atoms with E-state index in [1.807, 2.05) is 13.0 Å². The molecule has 0 bridgehead atoms. The normalized spacial score (nSPS) is 11.8. The summed E-state index contributed by atoms with van der Waals surface area (Å²) in [5, 5.41) is 7.38. The zero-order valence-corrected chi connectivity index (χ0v) is 5.46. The van der Waals surface area contributed by atoms with Crippen LogP contribution in [-0.4, -0.2) is 13.6 Å². The topological polar surface area (TPSA) is 24.7 Å². The van der Waals surface area contributed by atoms with Crippen molar-refractivity contribution in [3.8, 4) is 0 Å². The highest BCUT2D eigenvalue weighted by atomic mass is 15.1. The highest BCUT2D eigenvalue weighted by Crippen LogP contribution is 1.82. The first-order valence-electron chi connectivity index (χ1n) is 2.78. The Balaban J connectivity index is 2.93. The van der Waals surface area contributed by atoms with Gasteiger partial charge in [-0.3, -0.25) is 0 Å². The van der Waals surface area contributed by atoms with Crippen molar-refractivity contribution in [2.75, 3.05) is 13.6 Å². The van der Waals surface area contributed by atoms with E-state index in [4.69, 9.17) is 0 Å². The first-order valence-corrected chi connectivity index (χ1v) is 2.78. The molecule has 0 aliphatic heterocycles. The molecule has 0 aromatic heterocycles. The Morgan fingerprint density at radius 2 is 2.25 bits per heavy atom. The van der Waals surface area contributed by atoms with Crippen molar-refractivity contribution < 1.29 is 0 Å². The monoisotopic (exact) mass is 112 g/mol. The molecule has 2 nitrogen and oxygen atoms in total. The van der Waals surface area contributed by atoms with E-state index in [1.165, 1.54) is 0 Å². The lowest BCUT2D eigenvalue weighted by Gasteiger charge is -1.80. The van der Waals surface area contributed by atoms with Crippen LogP contribution < -0.4 is 0 Å². The fourth-order valence-corrected chi connectivity index (χ4v) is 0.399. The van der Waals surface area contributed by atoms with Crippen molar-refractivity contribution >= 4 is 0 Å². The van der Waals surface area contributed by atoms with Crippen molar-refractivity contribution in [2.24, 2.45) is 10.2 Å². The molecule has 0 saturated heterocycles. The van der Waals surface area contributed by atoms with Crippen molar-refractivity contribution in [3.63, 3.8) is 0 Å². The van der Waals surface area contributed by atoms with E-state index in [1.54, 1.807) is 7.05 Å². The second-order valence-electron chi connectivity index (χ2n) is 1.42. The van der Waals surface area contributed by atoms with Crippen LogP contribution in [0.15, 0.2) is 22.4 Å². The van der Waals surface area contributed by atoms with E-state index in [0.717, 1.165) is 13.0 Å². The van der Waals surface area contributed by atoms with E-state index in [9.17, 15) is 0 Å². The van der Waals surface area contributed by atoms with E-state index in [-0.39, 0.29) is 0 Å². The number of hydrogen-bond acceptors (Lipinski definition) is 2. The molecule has 0 fully saturated rings. The summed E-state index contributed by atoms with van der Waals surface area (Å²) in [6, 6.07) is 0. The fraction of sp³-hybridized carbons (Fsp3) is 0.667. The van der Waals surface area contributed by atoms with E-state index in [0.29, 0.717) is 0 Å². The molecule has 0 radical (unpaired) electrons. The van der Waals surface area contributed by atoms with Gasteiger partial charge in [0.25, 0.3) is 0 Å². The van der Waals surface area contributed by atoms with Crippen LogP contribution in [0.5, 0.6) is 0 Å². The zero-order chi connectivity index (χ0) is 6.24. The van der Waals surface area contributed by atoms with Gasteiger partial charge in [-0.2, -0.15) is 10.2 Å². The minimum Gasteiger partial charge on any atom is -0.198 e. The summed E-state index contributed by atoms with van der Waals surface area (Å²) < 4.78 is 0. The van der Waals surface area contributed by atoms with Gasteiger partial charge >= 0.3 is 0 Å². The molecule has 0 saturated carbocycles. The van der Waals surface area contributed by atoms with Crippen LogP contribution in [-0.2, 0) is 0 Å². The molecule has 0 aliphatic carbocycles. The lowest BCUT2D eigenvalue weighted by molar-refractivity contribution is 0.909. The van der Waals surface area contributed by atoms with Crippen molar-refractivity contribution in [1.82, 2.24) is 0 Å². The van der Waals surface area contributed by atoms with Crippen LogP contribution in [0.2, 0.25) is 0 Å². The molecule has 0 heterocycles. The molecule has 0 aromatic rings. The molecule has 0 unspecified atom stereocenters. The van der Waals surface area contributed by atoms with E-state index in [2.05, 4.69) is 16.3 Å². The van der Waals surface area contributed by atoms with Crippen LogP contribution in [0.1, 0.15) is 13.3 Å². The minimum atomic E-state index is 0.820. The number of hydrogen-bond donors (Lipinski definition) is 0. The first-order chi connectivity index (χ1) is 3.91. The van der Waals surface area contributed by atoms with E-state index < -0.39 is 0 Å². The van der Waals surface area contributed by atoms with Gasteiger partial charge in [-0.15, -0.1) is 0 Å². The summed E-state index contributed by atoms with van der Waals surface area (Å²) in [6.07, 6.45) is 5.10. The summed E-state index contributed by atoms with van der Waals surface area (Å²) >= 11 is 0. The van der Waals surface area contributed by atoms with Crippen LogP contribution in [0.4, 0.5) is 0 Å². The first kappa shape index (κ1) is 7.34. The third-order valence-corrected chi connectivity index (χ3v) is 0.773. The summed E-state index contributed by atoms with van der Waals surface area (Å²) in [5.41, 5.74) is 0. The molecule has 0 spiro atoms. The summed E-state index contributed by atoms with van der Waals surface area (Å²) in [6.45, 7) is 2.82. The van der Waals surface area contributed by atoms with Crippen molar-refractivity contribution in [2.45, 2.75) is 13.3 Å². The van der Waals surface area contributed by atoms with Crippen LogP contribution in [0, 0.1) is 0 Å². The molecule has 0 atom stereocenters. The molecule has 8 heavy (non-hydrogen) atoms. The van der Waals surface area contributed by atoms with Gasteiger partial charge in [0.05, 0.1) is 6.54 Å². The predicted octanol–water partition coefficient (Wildman–Crippen LogP) is 2.03. The average molecular weight is 112 g/mol. The van der Waals surface area contributed by atoms with Crippen LogP contribution in [0.25, 0.3) is 0 Å². The Labute approximate surface area is 50.3 Å². The lowest BCUT2D eigenvalue weighted by atomic mass is 10.4. The van der Waals surface area contributed by atoms with Gasteiger partial charge < -0.3 is 0 Å². The SMILES string of the molecule is C/C=C\CCN=NC. The van der Waals surface area contributed by atoms with Gasteiger partial charge in [0.2, 0.25) is 0 Å². The summed E-state index contributed by atoms with van der Waals surface area (Å²) in [5.74, 6) is 0. The Morgan fingerprint density at radius 3 is 2.75 bits per heavy atom. The third kappa shape index (κ3) is 5.34. The Morgan fingerprint density at radius 1 is 1.50 bits per heavy atom. The van der Waals surface area contributed by atoms with Gasteiger partial charge in [0, 0.05) is 7.05 Å². The number of nitrogens with zero attached hydrogens (tertiary/aromatic N) is 2. The van der Waals surface area contributed by atoms with Crippen LogP contribution >= 0.6 is 0 Å². The molecular weight excluding hydrogens is 100 g/mol. The van der Waals surface area contributed by atoms with Crippen molar-refractivity contribution in [1.29, 1.82) is 0 Å². The quantitative estimate of drug-likeness (QED) is 0.303.